The number of imidazole rings is 1. The maximum atomic E-state index is 12.4. The molecule has 2 aromatic heterocycles. The molecule has 0 unspecified atom stereocenters. The number of nitrogens with zero attached hydrogens (tertiary/aromatic N) is 5. The molecular formula is C18H24N6O. The van der Waals surface area contributed by atoms with Gasteiger partial charge in [-0.3, -0.25) is 4.79 Å². The van der Waals surface area contributed by atoms with Crippen LogP contribution < -0.4 is 4.90 Å². The van der Waals surface area contributed by atoms with E-state index in [1.807, 2.05) is 17.2 Å². The van der Waals surface area contributed by atoms with Crippen LogP contribution in [0.15, 0.2) is 31.0 Å². The molecule has 1 atom stereocenters. The van der Waals surface area contributed by atoms with Crippen molar-refractivity contribution in [3.63, 3.8) is 0 Å². The summed E-state index contributed by atoms with van der Waals surface area (Å²) in [7, 11) is 0. The zero-order valence-corrected chi connectivity index (χ0v) is 14.4. The van der Waals surface area contributed by atoms with E-state index < -0.39 is 0 Å². The minimum absolute atomic E-state index is 0.166. The standard InChI is InChI=1S/C18H24N6O/c25-16-3-6-18(12-23(16)10-4-15-11-19-14-22-15)5-1-9-24(13-18)17-20-7-2-8-21-17/h2,7-8,11,14H,1,3-6,9-10,12-13H2,(H,19,22)/t18-/m0/s1. The van der Waals surface area contributed by atoms with E-state index in [0.717, 1.165) is 57.1 Å². The van der Waals surface area contributed by atoms with Crippen LogP contribution in [0.4, 0.5) is 5.95 Å². The first-order valence-electron chi connectivity index (χ1n) is 9.01. The summed E-state index contributed by atoms with van der Waals surface area (Å²) in [6, 6.07) is 1.85. The summed E-state index contributed by atoms with van der Waals surface area (Å²) in [4.78, 5) is 32.7. The second-order valence-electron chi connectivity index (χ2n) is 7.22. The van der Waals surface area contributed by atoms with Gasteiger partial charge in [0.05, 0.1) is 6.33 Å². The van der Waals surface area contributed by atoms with Crippen molar-refractivity contribution < 1.29 is 4.79 Å². The molecular weight excluding hydrogens is 316 g/mol. The number of carbonyl (C=O) groups excluding carboxylic acids is 1. The van der Waals surface area contributed by atoms with Gasteiger partial charge in [0.15, 0.2) is 0 Å². The van der Waals surface area contributed by atoms with E-state index in [4.69, 9.17) is 0 Å². The fourth-order valence-electron chi connectivity index (χ4n) is 4.15. The van der Waals surface area contributed by atoms with Crippen molar-refractivity contribution in [1.82, 2.24) is 24.8 Å². The molecule has 7 nitrogen and oxygen atoms in total. The highest BCUT2D eigenvalue weighted by Crippen LogP contribution is 2.39. The van der Waals surface area contributed by atoms with Crippen LogP contribution in [0, 0.1) is 5.41 Å². The number of carbonyl (C=O) groups is 1. The lowest BCUT2D eigenvalue weighted by molar-refractivity contribution is -0.137. The third kappa shape index (κ3) is 3.50. The molecule has 2 aromatic rings. The van der Waals surface area contributed by atoms with Crippen molar-refractivity contribution in [2.75, 3.05) is 31.1 Å². The Kier molecular flexibility index (Phi) is 4.38. The van der Waals surface area contributed by atoms with Gasteiger partial charge in [0.25, 0.3) is 0 Å². The van der Waals surface area contributed by atoms with Crippen molar-refractivity contribution in [3.8, 4) is 0 Å². The van der Waals surface area contributed by atoms with Gasteiger partial charge in [-0.15, -0.1) is 0 Å². The van der Waals surface area contributed by atoms with E-state index in [0.29, 0.717) is 6.42 Å². The Hall–Kier alpha value is -2.44. The molecule has 1 N–H and O–H groups in total. The Labute approximate surface area is 147 Å². The van der Waals surface area contributed by atoms with Crippen LogP contribution in [-0.4, -0.2) is 56.9 Å². The predicted molar refractivity (Wildman–Crippen MR) is 94.0 cm³/mol. The summed E-state index contributed by atoms with van der Waals surface area (Å²) in [5.74, 6) is 1.08. The summed E-state index contributed by atoms with van der Waals surface area (Å²) < 4.78 is 0. The quantitative estimate of drug-likeness (QED) is 0.916. The molecule has 0 aliphatic carbocycles. The summed E-state index contributed by atoms with van der Waals surface area (Å²) in [6.07, 6.45) is 11.9. The maximum absolute atomic E-state index is 12.4. The number of anilines is 1. The first kappa shape index (κ1) is 16.1. The molecule has 25 heavy (non-hydrogen) atoms. The van der Waals surface area contributed by atoms with Crippen LogP contribution in [0.2, 0.25) is 0 Å². The van der Waals surface area contributed by atoms with Crippen molar-refractivity contribution in [1.29, 1.82) is 0 Å². The molecule has 0 saturated carbocycles. The molecule has 0 radical (unpaired) electrons. The van der Waals surface area contributed by atoms with Gasteiger partial charge in [-0.2, -0.15) is 0 Å². The number of piperidine rings is 2. The monoisotopic (exact) mass is 340 g/mol. The van der Waals surface area contributed by atoms with Gasteiger partial charge in [-0.1, -0.05) is 0 Å². The topological polar surface area (TPSA) is 78.0 Å². The number of nitrogens with one attached hydrogen (secondary N) is 1. The first-order valence-corrected chi connectivity index (χ1v) is 9.01. The molecule has 7 heteroatoms. The summed E-state index contributed by atoms with van der Waals surface area (Å²) in [5.41, 5.74) is 1.25. The average molecular weight is 340 g/mol. The van der Waals surface area contributed by atoms with E-state index >= 15 is 0 Å². The number of likely N-dealkylation sites (tertiary alicyclic amines) is 1. The minimum Gasteiger partial charge on any atom is -0.348 e. The van der Waals surface area contributed by atoms with Crippen LogP contribution in [0.25, 0.3) is 0 Å². The second-order valence-corrected chi connectivity index (χ2v) is 7.22. The highest BCUT2D eigenvalue weighted by atomic mass is 16.2. The molecule has 2 fully saturated rings. The van der Waals surface area contributed by atoms with E-state index in [-0.39, 0.29) is 11.3 Å². The van der Waals surface area contributed by atoms with E-state index in [9.17, 15) is 4.79 Å². The number of aromatic nitrogens is 4. The zero-order valence-electron chi connectivity index (χ0n) is 14.4. The normalized spacial score (nSPS) is 24.1. The van der Waals surface area contributed by atoms with E-state index in [1.54, 1.807) is 18.7 Å². The number of rotatable bonds is 4. The Bertz CT molecular complexity index is 704. The second kappa shape index (κ2) is 6.82. The molecule has 2 aliphatic rings. The van der Waals surface area contributed by atoms with Crippen LogP contribution in [0.1, 0.15) is 31.4 Å². The smallest absolute Gasteiger partial charge is 0.225 e. The molecule has 1 amide bonds. The van der Waals surface area contributed by atoms with Gasteiger partial charge in [-0.05, 0) is 25.3 Å². The molecule has 4 rings (SSSR count). The summed E-state index contributed by atoms with van der Waals surface area (Å²) in [5, 5.41) is 0. The van der Waals surface area contributed by atoms with Crippen LogP contribution in [0.3, 0.4) is 0 Å². The lowest BCUT2D eigenvalue weighted by Crippen LogP contribution is -2.54. The number of hydrogen-bond donors (Lipinski definition) is 1. The van der Waals surface area contributed by atoms with Crippen molar-refractivity contribution in [2.24, 2.45) is 5.41 Å². The SMILES string of the molecule is O=C1CC[C@@]2(CCCN(c3ncccn3)C2)CN1CCc1cnc[nH]1. The Morgan fingerprint density at radius 3 is 2.88 bits per heavy atom. The Morgan fingerprint density at radius 2 is 2.08 bits per heavy atom. The van der Waals surface area contributed by atoms with E-state index in [1.165, 1.54) is 6.42 Å². The molecule has 0 aromatic carbocycles. The number of aromatic amines is 1. The fourth-order valence-corrected chi connectivity index (χ4v) is 4.15. The molecule has 132 valence electrons. The van der Waals surface area contributed by atoms with Crippen molar-refractivity contribution >= 4 is 11.9 Å². The molecule has 1 spiro atoms. The largest absolute Gasteiger partial charge is 0.348 e. The maximum Gasteiger partial charge on any atom is 0.225 e. The van der Waals surface area contributed by atoms with Gasteiger partial charge in [0, 0.05) is 68.7 Å². The highest BCUT2D eigenvalue weighted by molar-refractivity contribution is 5.77. The van der Waals surface area contributed by atoms with Crippen LogP contribution >= 0.6 is 0 Å². The number of hydrogen-bond acceptors (Lipinski definition) is 5. The van der Waals surface area contributed by atoms with Crippen molar-refractivity contribution in [2.45, 2.75) is 32.1 Å². The Balaban J connectivity index is 1.44. The predicted octanol–water partition coefficient (Wildman–Crippen LogP) is 1.65. The van der Waals surface area contributed by atoms with Crippen LogP contribution in [0.5, 0.6) is 0 Å². The summed E-state index contributed by atoms with van der Waals surface area (Å²) in [6.45, 7) is 3.52. The summed E-state index contributed by atoms with van der Waals surface area (Å²) >= 11 is 0. The van der Waals surface area contributed by atoms with Gasteiger partial charge < -0.3 is 14.8 Å². The highest BCUT2D eigenvalue weighted by Gasteiger charge is 2.42. The third-order valence-corrected chi connectivity index (χ3v) is 5.45. The van der Waals surface area contributed by atoms with Gasteiger partial charge in [-0.25, -0.2) is 15.0 Å². The zero-order chi connectivity index (χ0) is 17.1. The number of H-pyrrole nitrogens is 1. The van der Waals surface area contributed by atoms with E-state index in [2.05, 4.69) is 24.8 Å². The lowest BCUT2D eigenvalue weighted by atomic mass is 9.73. The van der Waals surface area contributed by atoms with Crippen molar-refractivity contribution in [3.05, 3.63) is 36.7 Å². The molecule has 2 aliphatic heterocycles. The van der Waals surface area contributed by atoms with Gasteiger partial charge >= 0.3 is 0 Å². The molecule has 0 bridgehead atoms. The fraction of sp³-hybridized carbons (Fsp3) is 0.556. The first-order chi connectivity index (χ1) is 12.2. The molecule has 2 saturated heterocycles. The van der Waals surface area contributed by atoms with Crippen LogP contribution in [-0.2, 0) is 11.2 Å². The minimum atomic E-state index is 0.166. The Morgan fingerprint density at radius 1 is 1.20 bits per heavy atom. The third-order valence-electron chi connectivity index (χ3n) is 5.45. The lowest BCUT2D eigenvalue weighted by Gasteiger charge is -2.48. The average Bonchev–Trinajstić information content (AvgIpc) is 3.17. The van der Waals surface area contributed by atoms with Gasteiger partial charge in [0.2, 0.25) is 11.9 Å². The van der Waals surface area contributed by atoms with Gasteiger partial charge in [0.1, 0.15) is 0 Å². The number of amides is 1. The molecule has 4 heterocycles.